The Bertz CT molecular complexity index is 1700. The van der Waals surface area contributed by atoms with Gasteiger partial charge in [-0.3, -0.25) is 13.9 Å². The van der Waals surface area contributed by atoms with Crippen molar-refractivity contribution >= 4 is 50.9 Å². The van der Waals surface area contributed by atoms with Gasteiger partial charge in [-0.1, -0.05) is 61.0 Å². The lowest BCUT2D eigenvalue weighted by molar-refractivity contribution is -0.140. The standard InChI is InChI=1S/C36H40ClN3O5S2/c1-4-23-38-36(42)34(24-27-9-7-6-8-10-27)39(25-28-11-13-29(37)14-12-28)35(41)26-40(30-15-17-31(18-16-30)45-5-2)47(43,44)33-21-19-32(46-3)20-22-33/h6-22,34H,4-5,23-26H2,1-3H3,(H,38,42)/t34-/m0/s1. The van der Waals surface area contributed by atoms with E-state index in [1.165, 1.54) is 28.8 Å². The summed E-state index contributed by atoms with van der Waals surface area (Å²) in [6, 6.07) is 28.7. The van der Waals surface area contributed by atoms with Gasteiger partial charge in [-0.15, -0.1) is 11.8 Å². The third-order valence-corrected chi connectivity index (χ3v) is 10.2. The van der Waals surface area contributed by atoms with Crippen LogP contribution in [0.5, 0.6) is 5.75 Å². The first-order valence-corrected chi connectivity index (χ1v) is 18.5. The predicted octanol–water partition coefficient (Wildman–Crippen LogP) is 6.82. The van der Waals surface area contributed by atoms with Gasteiger partial charge in [0.1, 0.15) is 18.3 Å². The van der Waals surface area contributed by atoms with E-state index in [4.69, 9.17) is 16.3 Å². The molecule has 8 nitrogen and oxygen atoms in total. The molecule has 0 unspecified atom stereocenters. The highest BCUT2D eigenvalue weighted by molar-refractivity contribution is 7.98. The van der Waals surface area contributed by atoms with Gasteiger partial charge in [0.25, 0.3) is 10.0 Å². The Hall–Kier alpha value is -3.99. The molecular formula is C36H40ClN3O5S2. The van der Waals surface area contributed by atoms with Crippen molar-refractivity contribution in [1.82, 2.24) is 10.2 Å². The molecule has 1 N–H and O–H groups in total. The van der Waals surface area contributed by atoms with Crippen LogP contribution in [0.2, 0.25) is 5.02 Å². The number of hydrogen-bond acceptors (Lipinski definition) is 6. The molecule has 0 aliphatic heterocycles. The van der Waals surface area contributed by atoms with Gasteiger partial charge in [0, 0.05) is 29.4 Å². The smallest absolute Gasteiger partial charge is 0.264 e. The highest BCUT2D eigenvalue weighted by Gasteiger charge is 2.34. The van der Waals surface area contributed by atoms with Crippen molar-refractivity contribution in [3.63, 3.8) is 0 Å². The molecule has 0 aliphatic carbocycles. The van der Waals surface area contributed by atoms with Gasteiger partial charge in [0.15, 0.2) is 0 Å². The molecule has 0 saturated carbocycles. The molecule has 0 saturated heterocycles. The van der Waals surface area contributed by atoms with Crippen LogP contribution in [0.1, 0.15) is 31.4 Å². The summed E-state index contributed by atoms with van der Waals surface area (Å²) in [6.07, 6.45) is 2.86. The van der Waals surface area contributed by atoms with Crippen LogP contribution in [-0.4, -0.2) is 57.1 Å². The maximum atomic E-state index is 14.5. The van der Waals surface area contributed by atoms with Gasteiger partial charge < -0.3 is 15.0 Å². The van der Waals surface area contributed by atoms with Crippen LogP contribution in [0.4, 0.5) is 5.69 Å². The Morgan fingerprint density at radius 2 is 1.53 bits per heavy atom. The van der Waals surface area contributed by atoms with Crippen LogP contribution < -0.4 is 14.4 Å². The van der Waals surface area contributed by atoms with Crippen molar-refractivity contribution in [1.29, 1.82) is 0 Å². The highest BCUT2D eigenvalue weighted by Crippen LogP contribution is 2.28. The van der Waals surface area contributed by atoms with E-state index in [1.807, 2.05) is 50.4 Å². The molecule has 1 atom stereocenters. The number of nitrogens with one attached hydrogen (secondary N) is 1. The summed E-state index contributed by atoms with van der Waals surface area (Å²) in [7, 11) is -4.21. The third-order valence-electron chi connectivity index (χ3n) is 7.45. The maximum Gasteiger partial charge on any atom is 0.264 e. The van der Waals surface area contributed by atoms with E-state index in [2.05, 4.69) is 5.32 Å². The van der Waals surface area contributed by atoms with E-state index < -0.39 is 28.5 Å². The first kappa shape index (κ1) is 35.9. The number of carbonyl (C=O) groups excluding carboxylic acids is 2. The zero-order valence-electron chi connectivity index (χ0n) is 26.8. The number of anilines is 1. The highest BCUT2D eigenvalue weighted by atomic mass is 35.5. The normalized spacial score (nSPS) is 11.8. The van der Waals surface area contributed by atoms with Crippen LogP contribution in [0.3, 0.4) is 0 Å². The first-order valence-electron chi connectivity index (χ1n) is 15.4. The number of ether oxygens (including phenoxy) is 1. The summed E-state index contributed by atoms with van der Waals surface area (Å²) >= 11 is 7.65. The van der Waals surface area contributed by atoms with Gasteiger partial charge in [-0.25, -0.2) is 8.42 Å². The Kier molecular flexibility index (Phi) is 13.2. The summed E-state index contributed by atoms with van der Waals surface area (Å²) in [5.74, 6) is -0.281. The topological polar surface area (TPSA) is 96.0 Å². The lowest BCUT2D eigenvalue weighted by atomic mass is 10.0. The second-order valence-electron chi connectivity index (χ2n) is 10.8. The fourth-order valence-corrected chi connectivity index (χ4v) is 6.93. The number of thioether (sulfide) groups is 1. The van der Waals surface area contributed by atoms with Gasteiger partial charge in [0.05, 0.1) is 17.2 Å². The van der Waals surface area contributed by atoms with Crippen LogP contribution in [0, 0.1) is 0 Å². The molecule has 4 aromatic rings. The Morgan fingerprint density at radius 3 is 2.13 bits per heavy atom. The van der Waals surface area contributed by atoms with E-state index >= 15 is 0 Å². The lowest BCUT2D eigenvalue weighted by Gasteiger charge is -2.34. The van der Waals surface area contributed by atoms with E-state index in [0.29, 0.717) is 30.3 Å². The summed E-state index contributed by atoms with van der Waals surface area (Å²) in [6.45, 7) is 4.22. The van der Waals surface area contributed by atoms with Gasteiger partial charge in [-0.05, 0) is 91.4 Å². The number of amides is 2. The van der Waals surface area contributed by atoms with Crippen LogP contribution in [0.25, 0.3) is 0 Å². The quantitative estimate of drug-likeness (QED) is 0.129. The molecule has 47 heavy (non-hydrogen) atoms. The Balaban J connectivity index is 1.79. The number of carbonyl (C=O) groups is 2. The molecule has 2 amide bonds. The minimum Gasteiger partial charge on any atom is -0.494 e. The SMILES string of the molecule is CCCNC(=O)[C@H](Cc1ccccc1)N(Cc1ccc(Cl)cc1)C(=O)CN(c1ccc(OCC)cc1)S(=O)(=O)c1ccc(SC)cc1. The number of hydrogen-bond donors (Lipinski definition) is 1. The second kappa shape index (κ2) is 17.2. The Labute approximate surface area is 287 Å². The minimum atomic E-state index is -4.21. The summed E-state index contributed by atoms with van der Waals surface area (Å²) in [5, 5.41) is 3.49. The van der Waals surface area contributed by atoms with Gasteiger partial charge in [0.2, 0.25) is 11.8 Å². The Morgan fingerprint density at radius 1 is 0.872 bits per heavy atom. The monoisotopic (exact) mass is 693 g/mol. The molecule has 0 aliphatic rings. The number of sulfonamides is 1. The third kappa shape index (κ3) is 9.76. The molecule has 4 aromatic carbocycles. The average molecular weight is 694 g/mol. The van der Waals surface area contributed by atoms with Crippen molar-refractivity contribution in [2.45, 2.75) is 49.1 Å². The number of rotatable bonds is 16. The summed E-state index contributed by atoms with van der Waals surface area (Å²) < 4.78 is 35.2. The molecular weight excluding hydrogens is 654 g/mol. The summed E-state index contributed by atoms with van der Waals surface area (Å²) in [4.78, 5) is 30.7. The van der Waals surface area contributed by atoms with Crippen molar-refractivity contribution < 1.29 is 22.7 Å². The molecule has 0 spiro atoms. The van der Waals surface area contributed by atoms with Crippen molar-refractivity contribution in [2.24, 2.45) is 0 Å². The second-order valence-corrected chi connectivity index (χ2v) is 13.9. The molecule has 248 valence electrons. The lowest BCUT2D eigenvalue weighted by Crippen LogP contribution is -2.53. The molecule has 0 heterocycles. The fraction of sp³-hybridized carbons (Fsp3) is 0.278. The zero-order valence-corrected chi connectivity index (χ0v) is 29.2. The minimum absolute atomic E-state index is 0.0442. The zero-order chi connectivity index (χ0) is 33.8. The fourth-order valence-electron chi connectivity index (χ4n) is 4.99. The molecule has 0 fully saturated rings. The van der Waals surface area contributed by atoms with Crippen LogP contribution >= 0.6 is 23.4 Å². The van der Waals surface area contributed by atoms with Crippen molar-refractivity contribution in [3.8, 4) is 5.75 Å². The molecule has 0 aromatic heterocycles. The van der Waals surface area contributed by atoms with Crippen molar-refractivity contribution in [2.75, 3.05) is 30.3 Å². The molecule has 11 heteroatoms. The van der Waals surface area contributed by atoms with Gasteiger partial charge >= 0.3 is 0 Å². The molecule has 0 radical (unpaired) electrons. The maximum absolute atomic E-state index is 14.5. The van der Waals surface area contributed by atoms with E-state index in [1.54, 1.807) is 60.7 Å². The van der Waals surface area contributed by atoms with Crippen molar-refractivity contribution in [3.05, 3.63) is 119 Å². The number of benzene rings is 4. The molecule has 4 rings (SSSR count). The first-order chi connectivity index (χ1) is 22.7. The number of halogens is 1. The van der Waals surface area contributed by atoms with Crippen LogP contribution in [0.15, 0.2) is 113 Å². The predicted molar refractivity (Wildman–Crippen MR) is 190 cm³/mol. The number of nitrogens with zero attached hydrogens (tertiary/aromatic N) is 2. The average Bonchev–Trinajstić information content (AvgIpc) is 3.09. The van der Waals surface area contributed by atoms with E-state index in [0.717, 1.165) is 20.3 Å². The van der Waals surface area contributed by atoms with Crippen LogP contribution in [-0.2, 0) is 32.6 Å². The molecule has 0 bridgehead atoms. The van der Waals surface area contributed by atoms with E-state index in [-0.39, 0.29) is 29.5 Å². The summed E-state index contributed by atoms with van der Waals surface area (Å²) in [5.41, 5.74) is 1.90. The van der Waals surface area contributed by atoms with E-state index in [9.17, 15) is 18.0 Å². The largest absolute Gasteiger partial charge is 0.494 e. The van der Waals surface area contributed by atoms with Gasteiger partial charge in [-0.2, -0.15) is 0 Å².